The standard InChI is InChI=1S/C16H15ClF3N/c1-3-21-16(10-5-4-9(2)13(18)6-10)11-7-14(19)15(20)8-12(11)17/h4-8,16,21H,3H2,1-2H3. The highest BCUT2D eigenvalue weighted by atomic mass is 35.5. The minimum absolute atomic E-state index is 0.0980. The molecule has 2 rings (SSSR count). The van der Waals surface area contributed by atoms with Crippen molar-refractivity contribution in [3.05, 3.63) is 69.5 Å². The maximum atomic E-state index is 13.7. The van der Waals surface area contributed by atoms with E-state index in [9.17, 15) is 13.2 Å². The fraction of sp³-hybridized carbons (Fsp3) is 0.250. The lowest BCUT2D eigenvalue weighted by Gasteiger charge is -2.21. The van der Waals surface area contributed by atoms with E-state index in [1.54, 1.807) is 19.1 Å². The molecule has 0 bridgehead atoms. The van der Waals surface area contributed by atoms with Crippen LogP contribution < -0.4 is 5.32 Å². The third-order valence-corrected chi connectivity index (χ3v) is 3.62. The first-order chi connectivity index (χ1) is 9.93. The van der Waals surface area contributed by atoms with E-state index in [1.807, 2.05) is 6.92 Å². The first-order valence-electron chi connectivity index (χ1n) is 6.58. The molecule has 0 heterocycles. The number of benzene rings is 2. The van der Waals surface area contributed by atoms with Crippen LogP contribution >= 0.6 is 11.6 Å². The molecule has 1 unspecified atom stereocenters. The van der Waals surface area contributed by atoms with Gasteiger partial charge in [-0.3, -0.25) is 0 Å². The summed E-state index contributed by atoms with van der Waals surface area (Å²) in [6, 6.07) is 6.23. The van der Waals surface area contributed by atoms with Gasteiger partial charge in [0.25, 0.3) is 0 Å². The molecule has 0 saturated carbocycles. The summed E-state index contributed by atoms with van der Waals surface area (Å²) in [6.45, 7) is 4.09. The molecular weight excluding hydrogens is 299 g/mol. The molecule has 0 radical (unpaired) electrons. The van der Waals surface area contributed by atoms with E-state index in [0.29, 0.717) is 23.2 Å². The van der Waals surface area contributed by atoms with Crippen molar-refractivity contribution in [2.75, 3.05) is 6.54 Å². The maximum Gasteiger partial charge on any atom is 0.160 e. The quantitative estimate of drug-likeness (QED) is 0.802. The van der Waals surface area contributed by atoms with Gasteiger partial charge in [0.15, 0.2) is 11.6 Å². The van der Waals surface area contributed by atoms with Crippen LogP contribution in [-0.4, -0.2) is 6.54 Å². The minimum atomic E-state index is -1.01. The molecule has 21 heavy (non-hydrogen) atoms. The highest BCUT2D eigenvalue weighted by Gasteiger charge is 2.19. The van der Waals surface area contributed by atoms with Crippen LogP contribution in [0.15, 0.2) is 30.3 Å². The van der Waals surface area contributed by atoms with Crippen LogP contribution in [0.2, 0.25) is 5.02 Å². The fourth-order valence-electron chi connectivity index (χ4n) is 2.16. The van der Waals surface area contributed by atoms with Crippen LogP contribution in [0.4, 0.5) is 13.2 Å². The molecule has 112 valence electrons. The molecule has 0 aliphatic carbocycles. The van der Waals surface area contributed by atoms with Crippen LogP contribution in [-0.2, 0) is 0 Å². The molecule has 0 aromatic heterocycles. The smallest absolute Gasteiger partial charge is 0.160 e. The Morgan fingerprint density at radius 1 is 1.05 bits per heavy atom. The summed E-state index contributed by atoms with van der Waals surface area (Å²) in [6.07, 6.45) is 0. The van der Waals surface area contributed by atoms with Crippen molar-refractivity contribution in [1.29, 1.82) is 0 Å². The zero-order valence-electron chi connectivity index (χ0n) is 11.7. The van der Waals surface area contributed by atoms with Gasteiger partial charge in [-0.25, -0.2) is 13.2 Å². The minimum Gasteiger partial charge on any atom is -0.306 e. The highest BCUT2D eigenvalue weighted by Crippen LogP contribution is 2.31. The molecule has 2 aromatic rings. The van der Waals surface area contributed by atoms with Gasteiger partial charge >= 0.3 is 0 Å². The number of aryl methyl sites for hydroxylation is 1. The van der Waals surface area contributed by atoms with Crippen LogP contribution in [0.5, 0.6) is 0 Å². The molecule has 0 aliphatic heterocycles. The molecule has 0 fully saturated rings. The van der Waals surface area contributed by atoms with Gasteiger partial charge in [0.05, 0.1) is 6.04 Å². The Morgan fingerprint density at radius 2 is 1.71 bits per heavy atom. The van der Waals surface area contributed by atoms with E-state index < -0.39 is 17.7 Å². The van der Waals surface area contributed by atoms with Gasteiger partial charge in [-0.2, -0.15) is 0 Å². The monoisotopic (exact) mass is 313 g/mol. The normalized spacial score (nSPS) is 12.5. The third-order valence-electron chi connectivity index (χ3n) is 3.29. The van der Waals surface area contributed by atoms with Crippen molar-refractivity contribution >= 4 is 11.6 Å². The molecule has 1 atom stereocenters. The van der Waals surface area contributed by atoms with Crippen LogP contribution in [0.3, 0.4) is 0 Å². The maximum absolute atomic E-state index is 13.7. The zero-order chi connectivity index (χ0) is 15.6. The zero-order valence-corrected chi connectivity index (χ0v) is 12.4. The average molecular weight is 314 g/mol. The second kappa shape index (κ2) is 6.50. The van der Waals surface area contributed by atoms with Gasteiger partial charge in [0.2, 0.25) is 0 Å². The molecule has 0 saturated heterocycles. The lowest BCUT2D eigenvalue weighted by molar-refractivity contribution is 0.503. The van der Waals surface area contributed by atoms with Gasteiger partial charge < -0.3 is 5.32 Å². The van der Waals surface area contributed by atoms with Crippen molar-refractivity contribution in [2.24, 2.45) is 0 Å². The van der Waals surface area contributed by atoms with Crippen LogP contribution in [0, 0.1) is 24.4 Å². The highest BCUT2D eigenvalue weighted by molar-refractivity contribution is 6.31. The molecule has 0 amide bonds. The van der Waals surface area contributed by atoms with Gasteiger partial charge in [-0.15, -0.1) is 0 Å². The Morgan fingerprint density at radius 3 is 2.33 bits per heavy atom. The predicted octanol–water partition coefficient (Wildman–Crippen LogP) is 4.76. The largest absolute Gasteiger partial charge is 0.306 e. The summed E-state index contributed by atoms with van der Waals surface area (Å²) < 4.78 is 40.4. The van der Waals surface area contributed by atoms with Crippen molar-refractivity contribution in [1.82, 2.24) is 5.32 Å². The van der Waals surface area contributed by atoms with Crippen molar-refractivity contribution < 1.29 is 13.2 Å². The second-order valence-electron chi connectivity index (χ2n) is 4.79. The number of hydrogen-bond donors (Lipinski definition) is 1. The number of rotatable bonds is 4. The lowest BCUT2D eigenvalue weighted by atomic mass is 9.97. The summed E-state index contributed by atoms with van der Waals surface area (Å²) in [7, 11) is 0. The van der Waals surface area contributed by atoms with Crippen molar-refractivity contribution in [2.45, 2.75) is 19.9 Å². The SMILES string of the molecule is CCNC(c1ccc(C)c(F)c1)c1cc(F)c(F)cc1Cl. The molecular formula is C16H15ClF3N. The molecule has 0 aliphatic rings. The Bertz CT molecular complexity index is 658. The number of nitrogens with one attached hydrogen (secondary N) is 1. The summed E-state index contributed by atoms with van der Waals surface area (Å²) in [4.78, 5) is 0. The van der Waals surface area contributed by atoms with Crippen LogP contribution in [0.1, 0.15) is 29.7 Å². The lowest BCUT2D eigenvalue weighted by Crippen LogP contribution is -2.23. The summed E-state index contributed by atoms with van der Waals surface area (Å²) in [5, 5.41) is 3.21. The van der Waals surface area contributed by atoms with Gasteiger partial charge in [0, 0.05) is 5.02 Å². The van der Waals surface area contributed by atoms with E-state index >= 15 is 0 Å². The molecule has 5 heteroatoms. The van der Waals surface area contributed by atoms with E-state index in [1.165, 1.54) is 6.07 Å². The molecule has 1 N–H and O–H groups in total. The van der Waals surface area contributed by atoms with Crippen molar-refractivity contribution in [3.8, 4) is 0 Å². The van der Waals surface area contributed by atoms with E-state index in [4.69, 9.17) is 11.6 Å². The van der Waals surface area contributed by atoms with E-state index in [0.717, 1.165) is 12.1 Å². The Labute approximate surface area is 126 Å². The molecule has 0 spiro atoms. The van der Waals surface area contributed by atoms with Gasteiger partial charge in [-0.1, -0.05) is 30.7 Å². The fourth-order valence-corrected chi connectivity index (χ4v) is 2.42. The summed E-state index contributed by atoms with van der Waals surface area (Å²) in [5.74, 6) is -2.34. The average Bonchev–Trinajstić information content (AvgIpc) is 2.44. The van der Waals surface area contributed by atoms with Gasteiger partial charge in [0.1, 0.15) is 5.82 Å². The Kier molecular flexibility index (Phi) is 4.91. The number of hydrogen-bond acceptors (Lipinski definition) is 1. The Balaban J connectivity index is 2.52. The van der Waals surface area contributed by atoms with E-state index in [2.05, 4.69) is 5.32 Å². The summed E-state index contributed by atoms with van der Waals surface area (Å²) in [5.41, 5.74) is 1.50. The number of halogens is 4. The molecule has 1 nitrogen and oxygen atoms in total. The van der Waals surface area contributed by atoms with Crippen molar-refractivity contribution in [3.63, 3.8) is 0 Å². The molecule has 2 aromatic carbocycles. The Hall–Kier alpha value is -1.52. The summed E-state index contributed by atoms with van der Waals surface area (Å²) >= 11 is 6.01. The van der Waals surface area contributed by atoms with E-state index in [-0.39, 0.29) is 10.8 Å². The second-order valence-corrected chi connectivity index (χ2v) is 5.19. The van der Waals surface area contributed by atoms with Crippen LogP contribution in [0.25, 0.3) is 0 Å². The third kappa shape index (κ3) is 3.39. The first-order valence-corrected chi connectivity index (χ1v) is 6.95. The first kappa shape index (κ1) is 15.9. The topological polar surface area (TPSA) is 12.0 Å². The van der Waals surface area contributed by atoms with Gasteiger partial charge in [-0.05, 0) is 48.4 Å². The predicted molar refractivity (Wildman–Crippen MR) is 78.0 cm³/mol.